The molecule has 0 aromatic heterocycles. The van der Waals surface area contributed by atoms with Crippen LogP contribution in [0.5, 0.6) is 0 Å². The number of alkyl halides is 3. The number of carbonyl (C=O) groups excluding carboxylic acids is 1. The average Bonchev–Trinajstić information content (AvgIpc) is 2.94. The number of nitrogens with one attached hydrogen (secondary N) is 1. The van der Waals surface area contributed by atoms with Crippen LogP contribution in [0.2, 0.25) is 0 Å². The standard InChI is InChI=1S/C16H20F3N3O/c1-21-6-11-8-22(9-12(11)7-21)10-15(23)20-14-5-3-2-4-13(14)16(17,18)19/h2-5,11-12H,6-10H2,1H3,(H,20,23). The minimum Gasteiger partial charge on any atom is -0.324 e. The predicted molar refractivity (Wildman–Crippen MR) is 81.0 cm³/mol. The fourth-order valence-corrected chi connectivity index (χ4v) is 3.69. The van der Waals surface area contributed by atoms with E-state index in [1.165, 1.54) is 18.2 Å². The third-order valence-corrected chi connectivity index (χ3v) is 4.62. The molecular formula is C16H20F3N3O. The molecule has 0 aliphatic carbocycles. The Morgan fingerprint density at radius 1 is 1.17 bits per heavy atom. The first kappa shape index (κ1) is 16.3. The van der Waals surface area contributed by atoms with Crippen LogP contribution >= 0.6 is 0 Å². The van der Waals surface area contributed by atoms with Crippen LogP contribution in [-0.2, 0) is 11.0 Å². The van der Waals surface area contributed by atoms with E-state index < -0.39 is 17.6 Å². The first-order valence-electron chi connectivity index (χ1n) is 7.70. The lowest BCUT2D eigenvalue weighted by molar-refractivity contribution is -0.137. The molecule has 1 aromatic carbocycles. The van der Waals surface area contributed by atoms with Gasteiger partial charge in [0, 0.05) is 26.2 Å². The van der Waals surface area contributed by atoms with E-state index in [1.807, 2.05) is 4.90 Å². The van der Waals surface area contributed by atoms with Gasteiger partial charge >= 0.3 is 6.18 Å². The number of anilines is 1. The number of halogens is 3. The lowest BCUT2D eigenvalue weighted by Gasteiger charge is -2.19. The fraction of sp³-hybridized carbons (Fsp3) is 0.562. The monoisotopic (exact) mass is 327 g/mol. The molecule has 0 saturated carbocycles. The normalized spacial score (nSPS) is 25.6. The maximum Gasteiger partial charge on any atom is 0.418 e. The number of para-hydroxylation sites is 1. The number of hydrogen-bond donors (Lipinski definition) is 1. The molecule has 2 saturated heterocycles. The zero-order chi connectivity index (χ0) is 16.6. The molecule has 4 nitrogen and oxygen atoms in total. The highest BCUT2D eigenvalue weighted by molar-refractivity contribution is 5.93. The zero-order valence-electron chi connectivity index (χ0n) is 12.9. The van der Waals surface area contributed by atoms with E-state index in [4.69, 9.17) is 0 Å². The van der Waals surface area contributed by atoms with Crippen molar-refractivity contribution in [1.29, 1.82) is 0 Å². The van der Waals surface area contributed by atoms with E-state index in [9.17, 15) is 18.0 Å². The van der Waals surface area contributed by atoms with Crippen molar-refractivity contribution in [2.45, 2.75) is 6.18 Å². The number of amides is 1. The summed E-state index contributed by atoms with van der Waals surface area (Å²) in [6.07, 6.45) is -4.47. The molecule has 2 atom stereocenters. The van der Waals surface area contributed by atoms with Crippen molar-refractivity contribution in [3.8, 4) is 0 Å². The van der Waals surface area contributed by atoms with Crippen molar-refractivity contribution in [2.75, 3.05) is 45.1 Å². The van der Waals surface area contributed by atoms with E-state index in [0.717, 1.165) is 32.2 Å². The summed E-state index contributed by atoms with van der Waals surface area (Å²) in [5.74, 6) is 0.737. The second-order valence-electron chi connectivity index (χ2n) is 6.53. The van der Waals surface area contributed by atoms with E-state index in [2.05, 4.69) is 17.3 Å². The summed E-state index contributed by atoms with van der Waals surface area (Å²) < 4.78 is 38.8. The molecule has 2 aliphatic rings. The van der Waals surface area contributed by atoms with Crippen molar-refractivity contribution >= 4 is 11.6 Å². The van der Waals surface area contributed by atoms with E-state index in [1.54, 1.807) is 0 Å². The summed E-state index contributed by atoms with van der Waals surface area (Å²) in [5.41, 5.74) is -0.989. The second-order valence-corrected chi connectivity index (χ2v) is 6.53. The van der Waals surface area contributed by atoms with Gasteiger partial charge in [-0.2, -0.15) is 13.2 Å². The van der Waals surface area contributed by atoms with E-state index in [-0.39, 0.29) is 12.2 Å². The lowest BCUT2D eigenvalue weighted by Crippen LogP contribution is -2.34. The number of hydrogen-bond acceptors (Lipinski definition) is 3. The second kappa shape index (κ2) is 6.13. The van der Waals surface area contributed by atoms with Crippen LogP contribution in [0.15, 0.2) is 24.3 Å². The lowest BCUT2D eigenvalue weighted by atomic mass is 10.0. The molecule has 1 amide bonds. The Morgan fingerprint density at radius 2 is 1.78 bits per heavy atom. The molecular weight excluding hydrogens is 307 g/mol. The van der Waals surface area contributed by atoms with Gasteiger partial charge in [-0.25, -0.2) is 0 Å². The molecule has 2 aliphatic heterocycles. The van der Waals surface area contributed by atoms with Gasteiger partial charge in [-0.05, 0) is 31.0 Å². The van der Waals surface area contributed by atoms with Gasteiger partial charge < -0.3 is 10.2 Å². The molecule has 2 unspecified atom stereocenters. The molecule has 0 spiro atoms. The Hall–Kier alpha value is -1.60. The first-order valence-corrected chi connectivity index (χ1v) is 7.70. The minimum atomic E-state index is -4.47. The third kappa shape index (κ3) is 3.67. The Labute approximate surface area is 133 Å². The summed E-state index contributed by atoms with van der Waals surface area (Å²) in [6.45, 7) is 3.87. The van der Waals surface area contributed by atoms with Crippen LogP contribution < -0.4 is 5.32 Å². The average molecular weight is 327 g/mol. The quantitative estimate of drug-likeness (QED) is 0.924. The molecule has 2 fully saturated rings. The Kier molecular flexibility index (Phi) is 4.33. The van der Waals surface area contributed by atoms with Crippen LogP contribution in [0.3, 0.4) is 0 Å². The van der Waals surface area contributed by atoms with Crippen molar-refractivity contribution < 1.29 is 18.0 Å². The number of rotatable bonds is 3. The molecule has 23 heavy (non-hydrogen) atoms. The predicted octanol–water partition coefficient (Wildman–Crippen LogP) is 2.14. The summed E-state index contributed by atoms with van der Waals surface area (Å²) in [5, 5.41) is 2.41. The van der Waals surface area contributed by atoms with Crippen molar-refractivity contribution in [1.82, 2.24) is 9.80 Å². The van der Waals surface area contributed by atoms with Gasteiger partial charge in [0.15, 0.2) is 0 Å². The Balaban J connectivity index is 1.59. The molecule has 2 heterocycles. The maximum absolute atomic E-state index is 12.9. The van der Waals surface area contributed by atoms with Gasteiger partial charge in [0.05, 0.1) is 17.8 Å². The van der Waals surface area contributed by atoms with Gasteiger partial charge in [0.2, 0.25) is 5.91 Å². The highest BCUT2D eigenvalue weighted by atomic mass is 19.4. The topological polar surface area (TPSA) is 35.6 Å². The molecule has 1 aromatic rings. The summed E-state index contributed by atoms with van der Waals surface area (Å²) >= 11 is 0. The number of likely N-dealkylation sites (tertiary alicyclic amines) is 2. The van der Waals surface area contributed by atoms with Gasteiger partial charge in [0.1, 0.15) is 0 Å². The maximum atomic E-state index is 12.9. The van der Waals surface area contributed by atoms with Crippen LogP contribution in [-0.4, -0.2) is 55.5 Å². The largest absolute Gasteiger partial charge is 0.418 e. The number of benzene rings is 1. The fourth-order valence-electron chi connectivity index (χ4n) is 3.69. The van der Waals surface area contributed by atoms with Crippen molar-refractivity contribution in [3.05, 3.63) is 29.8 Å². The molecule has 126 valence electrons. The first-order chi connectivity index (χ1) is 10.8. The molecule has 7 heteroatoms. The SMILES string of the molecule is CN1CC2CN(CC(=O)Nc3ccccc3C(F)(F)F)CC2C1. The number of carbonyl (C=O) groups is 1. The van der Waals surface area contributed by atoms with Gasteiger partial charge in [0.25, 0.3) is 0 Å². The summed E-state index contributed by atoms with van der Waals surface area (Å²) in [4.78, 5) is 16.4. The van der Waals surface area contributed by atoms with Gasteiger partial charge in [-0.15, -0.1) is 0 Å². The Morgan fingerprint density at radius 3 is 2.39 bits per heavy atom. The zero-order valence-corrected chi connectivity index (χ0v) is 12.9. The summed E-state index contributed by atoms with van der Waals surface area (Å²) in [6, 6.07) is 5.07. The van der Waals surface area contributed by atoms with Gasteiger partial charge in [-0.3, -0.25) is 9.69 Å². The minimum absolute atomic E-state index is 0.142. The van der Waals surface area contributed by atoms with Crippen molar-refractivity contribution in [2.24, 2.45) is 11.8 Å². The Bertz CT molecular complexity index is 576. The van der Waals surface area contributed by atoms with Crippen LogP contribution in [0.1, 0.15) is 5.56 Å². The smallest absolute Gasteiger partial charge is 0.324 e. The van der Waals surface area contributed by atoms with Crippen LogP contribution in [0.4, 0.5) is 18.9 Å². The van der Waals surface area contributed by atoms with Crippen LogP contribution in [0, 0.1) is 11.8 Å². The van der Waals surface area contributed by atoms with E-state index >= 15 is 0 Å². The third-order valence-electron chi connectivity index (χ3n) is 4.62. The number of nitrogens with zero attached hydrogens (tertiary/aromatic N) is 2. The van der Waals surface area contributed by atoms with Crippen molar-refractivity contribution in [3.63, 3.8) is 0 Å². The molecule has 1 N–H and O–H groups in total. The summed E-state index contributed by atoms with van der Waals surface area (Å²) in [7, 11) is 2.09. The number of fused-ring (bicyclic) bond motifs is 1. The van der Waals surface area contributed by atoms with Gasteiger partial charge in [-0.1, -0.05) is 12.1 Å². The van der Waals surface area contributed by atoms with Crippen LogP contribution in [0.25, 0.3) is 0 Å². The highest BCUT2D eigenvalue weighted by Crippen LogP contribution is 2.34. The molecule has 3 rings (SSSR count). The highest BCUT2D eigenvalue weighted by Gasteiger charge is 2.39. The molecule has 0 radical (unpaired) electrons. The molecule has 0 bridgehead atoms. The van der Waals surface area contributed by atoms with E-state index in [0.29, 0.717) is 11.8 Å².